The van der Waals surface area contributed by atoms with Gasteiger partial charge in [0.2, 0.25) is 0 Å². The lowest BCUT2D eigenvalue weighted by Crippen LogP contribution is -2.43. The number of nitrogens with zero attached hydrogens (tertiary/aromatic N) is 2. The van der Waals surface area contributed by atoms with Gasteiger partial charge < -0.3 is 19.1 Å². The van der Waals surface area contributed by atoms with Crippen molar-refractivity contribution in [3.8, 4) is 17.0 Å². The number of carbonyl (C=O) groups excluding carboxylic acids is 1. The third kappa shape index (κ3) is 7.22. The number of ether oxygens (including phenoxy) is 2. The zero-order chi connectivity index (χ0) is 30.8. The van der Waals surface area contributed by atoms with E-state index in [1.165, 1.54) is 30.4 Å². The number of benzene rings is 1. The number of alkyl halides is 1. The predicted octanol–water partition coefficient (Wildman–Crippen LogP) is 3.09. The first-order valence-electron chi connectivity index (χ1n) is 13.0. The number of aryl methyl sites for hydroxylation is 1. The van der Waals surface area contributed by atoms with Crippen LogP contribution in [-0.4, -0.2) is 62.2 Å². The molecule has 0 saturated carbocycles. The Morgan fingerprint density at radius 2 is 1.98 bits per heavy atom. The van der Waals surface area contributed by atoms with Crippen molar-refractivity contribution in [2.24, 2.45) is 0 Å². The number of aromatic amines is 1. The molecule has 1 aliphatic rings. The van der Waals surface area contributed by atoms with Crippen LogP contribution < -0.4 is 20.9 Å². The summed E-state index contributed by atoms with van der Waals surface area (Å²) in [4.78, 5) is 42.6. The highest BCUT2D eigenvalue weighted by Crippen LogP contribution is 2.47. The average Bonchev–Trinajstić information content (AvgIpc) is 3.43. The number of aliphatic hydroxyl groups is 1. The van der Waals surface area contributed by atoms with Gasteiger partial charge in [-0.2, -0.15) is 5.09 Å². The van der Waals surface area contributed by atoms with E-state index in [9.17, 15) is 24.1 Å². The molecular formula is C26H32FN4O9PS. The molecule has 16 heteroatoms. The van der Waals surface area contributed by atoms with E-state index in [1.807, 2.05) is 17.3 Å². The lowest BCUT2D eigenvalue weighted by molar-refractivity contribution is -0.149. The first-order chi connectivity index (χ1) is 19.7. The van der Waals surface area contributed by atoms with Crippen molar-refractivity contribution in [3.63, 3.8) is 0 Å². The molecule has 1 fully saturated rings. The van der Waals surface area contributed by atoms with Gasteiger partial charge >= 0.3 is 19.4 Å². The summed E-state index contributed by atoms with van der Waals surface area (Å²) >= 11 is 1.49. The molecule has 3 aromatic rings. The summed E-state index contributed by atoms with van der Waals surface area (Å²) in [6, 6.07) is 6.34. The number of nitrogens with one attached hydrogen (secondary N) is 2. The van der Waals surface area contributed by atoms with Gasteiger partial charge in [0.15, 0.2) is 11.9 Å². The maximum absolute atomic E-state index is 15.6. The van der Waals surface area contributed by atoms with Gasteiger partial charge in [-0.15, -0.1) is 11.3 Å². The van der Waals surface area contributed by atoms with Crippen LogP contribution in [0, 0.1) is 6.92 Å². The van der Waals surface area contributed by atoms with Crippen LogP contribution in [0.25, 0.3) is 11.3 Å². The quantitative estimate of drug-likeness (QED) is 0.211. The molecule has 0 bridgehead atoms. The summed E-state index contributed by atoms with van der Waals surface area (Å²) in [5.74, 6) is -0.607. The molecular weight excluding hydrogens is 594 g/mol. The number of aromatic nitrogens is 3. The van der Waals surface area contributed by atoms with Gasteiger partial charge in [-0.3, -0.25) is 23.7 Å². The highest BCUT2D eigenvalue weighted by molar-refractivity contribution is 7.52. The minimum atomic E-state index is -4.40. The zero-order valence-corrected chi connectivity index (χ0v) is 25.2. The Hall–Kier alpha value is -3.20. The smallest absolute Gasteiger partial charge is 0.459 e. The van der Waals surface area contributed by atoms with E-state index in [0.717, 1.165) is 40.0 Å². The minimum absolute atomic E-state index is 0.117. The molecule has 3 N–H and O–H groups in total. The molecule has 0 aliphatic carbocycles. The molecule has 6 atom stereocenters. The summed E-state index contributed by atoms with van der Waals surface area (Å²) < 4.78 is 52.3. The number of halogens is 1. The number of hydrogen-bond acceptors (Lipinski definition) is 11. The van der Waals surface area contributed by atoms with E-state index in [1.54, 1.807) is 26.0 Å². The second kappa shape index (κ2) is 12.6. The SMILES string of the molecule is Cc1nc(-c2ccc(OP(=O)(N[C@@H](C)C(=O)OC(C)C)OCC3O[C@@H](n4ccc(=O)[nH]c4=O)[C@](C)(F)[C@@H]3O)cc2)cs1. The minimum Gasteiger partial charge on any atom is -0.462 e. The molecule has 42 heavy (non-hydrogen) atoms. The van der Waals surface area contributed by atoms with Crippen LogP contribution in [0.1, 0.15) is 38.9 Å². The third-order valence-corrected chi connectivity index (χ3v) is 8.70. The Labute approximate surface area is 244 Å². The van der Waals surface area contributed by atoms with E-state index in [4.69, 9.17) is 18.5 Å². The fourth-order valence-corrected chi connectivity index (χ4v) is 6.29. The van der Waals surface area contributed by atoms with Crippen molar-refractivity contribution in [1.82, 2.24) is 19.6 Å². The Bertz CT molecular complexity index is 1570. The van der Waals surface area contributed by atoms with E-state index >= 15 is 4.39 Å². The van der Waals surface area contributed by atoms with Gasteiger partial charge in [0, 0.05) is 23.2 Å². The van der Waals surface area contributed by atoms with Crippen molar-refractivity contribution in [2.45, 2.75) is 70.9 Å². The average molecular weight is 627 g/mol. The molecule has 0 spiro atoms. The molecule has 13 nitrogen and oxygen atoms in total. The second-order valence-corrected chi connectivity index (χ2v) is 12.9. The molecule has 2 unspecified atom stereocenters. The Balaban J connectivity index is 1.54. The summed E-state index contributed by atoms with van der Waals surface area (Å²) in [5.41, 5.74) is -2.61. The maximum Gasteiger partial charge on any atom is 0.459 e. The topological polar surface area (TPSA) is 171 Å². The lowest BCUT2D eigenvalue weighted by Gasteiger charge is -2.25. The molecule has 3 heterocycles. The maximum atomic E-state index is 15.6. The van der Waals surface area contributed by atoms with Gasteiger partial charge in [-0.25, -0.2) is 18.7 Å². The Kier molecular flexibility index (Phi) is 9.50. The predicted molar refractivity (Wildman–Crippen MR) is 151 cm³/mol. The number of hydrogen-bond donors (Lipinski definition) is 3. The first-order valence-corrected chi connectivity index (χ1v) is 15.4. The van der Waals surface area contributed by atoms with Crippen molar-refractivity contribution in [2.75, 3.05) is 6.61 Å². The number of rotatable bonds is 11. The molecule has 0 amide bonds. The molecule has 1 saturated heterocycles. The highest BCUT2D eigenvalue weighted by Gasteiger charge is 2.56. The van der Waals surface area contributed by atoms with E-state index in [2.05, 4.69) is 10.1 Å². The summed E-state index contributed by atoms with van der Waals surface area (Å²) in [6.07, 6.45) is -4.30. The van der Waals surface area contributed by atoms with E-state index < -0.39 is 67.8 Å². The van der Waals surface area contributed by atoms with E-state index in [-0.39, 0.29) is 5.75 Å². The number of H-pyrrole nitrogens is 1. The zero-order valence-electron chi connectivity index (χ0n) is 23.5. The molecule has 4 rings (SSSR count). The normalized spacial score (nSPS) is 24.3. The van der Waals surface area contributed by atoms with Gasteiger partial charge in [-0.05, 0) is 58.9 Å². The van der Waals surface area contributed by atoms with Crippen molar-refractivity contribution in [1.29, 1.82) is 0 Å². The van der Waals surface area contributed by atoms with Gasteiger partial charge in [0.05, 0.1) is 23.4 Å². The van der Waals surface area contributed by atoms with Crippen LogP contribution in [0.3, 0.4) is 0 Å². The van der Waals surface area contributed by atoms with Crippen LogP contribution in [-0.2, 0) is 23.4 Å². The number of esters is 1. The van der Waals surface area contributed by atoms with Crippen LogP contribution >= 0.6 is 19.1 Å². The van der Waals surface area contributed by atoms with Crippen LogP contribution in [0.4, 0.5) is 4.39 Å². The Morgan fingerprint density at radius 3 is 2.57 bits per heavy atom. The van der Waals surface area contributed by atoms with Crippen molar-refractivity contribution in [3.05, 3.63) is 67.8 Å². The third-order valence-electron chi connectivity index (χ3n) is 6.28. The van der Waals surface area contributed by atoms with Crippen molar-refractivity contribution >= 4 is 25.1 Å². The van der Waals surface area contributed by atoms with Gasteiger partial charge in [-0.1, -0.05) is 0 Å². The summed E-state index contributed by atoms with van der Waals surface area (Å²) in [5, 5.41) is 16.0. The highest BCUT2D eigenvalue weighted by atomic mass is 32.1. The number of carbonyl (C=O) groups is 1. The van der Waals surface area contributed by atoms with Crippen LogP contribution in [0.5, 0.6) is 5.75 Å². The monoisotopic (exact) mass is 626 g/mol. The molecule has 2 aromatic heterocycles. The molecule has 228 valence electrons. The fraction of sp³-hybridized carbons (Fsp3) is 0.462. The van der Waals surface area contributed by atoms with Crippen LogP contribution in [0.2, 0.25) is 0 Å². The fourth-order valence-electron chi connectivity index (χ4n) is 4.17. The number of thiazole rings is 1. The second-order valence-electron chi connectivity index (χ2n) is 10.1. The van der Waals surface area contributed by atoms with E-state index in [0.29, 0.717) is 0 Å². The Morgan fingerprint density at radius 1 is 1.29 bits per heavy atom. The molecule has 1 aromatic carbocycles. The standard InChI is InChI=1S/C26H32FN4O9PS/c1-14(2)38-23(34)15(3)30-41(36,40-18-8-6-17(7-9-18)19-13-42-16(4)28-19)37-12-20-22(33)26(5,27)24(39-20)31-11-10-21(32)29-25(31)35/h6-11,13-15,20,22,24,33H,12H2,1-5H3,(H,30,36)(H,29,32,35)/t15-,20?,22+,24+,26+,41?/m0/s1. The van der Waals surface area contributed by atoms with Gasteiger partial charge in [0.25, 0.3) is 5.56 Å². The molecule has 0 radical (unpaired) electrons. The number of aliphatic hydroxyl groups excluding tert-OH is 1. The van der Waals surface area contributed by atoms with Gasteiger partial charge in [0.1, 0.15) is 24.0 Å². The largest absolute Gasteiger partial charge is 0.462 e. The summed E-state index contributed by atoms with van der Waals surface area (Å²) in [7, 11) is -4.40. The van der Waals surface area contributed by atoms with Crippen molar-refractivity contribution < 1.29 is 37.4 Å². The summed E-state index contributed by atoms with van der Waals surface area (Å²) in [6.45, 7) is 6.94. The lowest BCUT2D eigenvalue weighted by atomic mass is 9.98. The molecule has 1 aliphatic heterocycles. The van der Waals surface area contributed by atoms with Crippen LogP contribution in [0.15, 0.2) is 51.5 Å². The first kappa shape index (κ1) is 31.7.